The van der Waals surface area contributed by atoms with Crippen LogP contribution in [-0.2, 0) is 0 Å². The molecule has 92 valence electrons. The molecule has 0 bridgehead atoms. The van der Waals surface area contributed by atoms with Crippen molar-refractivity contribution in [3.63, 3.8) is 0 Å². The minimum atomic E-state index is -0.706. The molecule has 1 saturated carbocycles. The summed E-state index contributed by atoms with van der Waals surface area (Å²) in [5.74, 6) is -0.400. The maximum absolute atomic E-state index is 13.1. The number of benzene rings is 1. The van der Waals surface area contributed by atoms with Crippen molar-refractivity contribution in [1.29, 1.82) is 5.26 Å². The molecule has 0 aliphatic heterocycles. The van der Waals surface area contributed by atoms with Crippen molar-refractivity contribution in [1.82, 2.24) is 0 Å². The molecule has 1 aromatic carbocycles. The molecule has 1 fully saturated rings. The van der Waals surface area contributed by atoms with E-state index in [9.17, 15) is 9.50 Å². The van der Waals surface area contributed by atoms with Gasteiger partial charge in [-0.15, -0.1) is 12.4 Å². The van der Waals surface area contributed by atoms with Gasteiger partial charge >= 0.3 is 0 Å². The third kappa shape index (κ3) is 2.87. The van der Waals surface area contributed by atoms with Crippen LogP contribution in [0, 0.1) is 23.1 Å². The fraction of sp³-hybridized carbons (Fsp3) is 0.417. The summed E-state index contributed by atoms with van der Waals surface area (Å²) in [5, 5.41) is 18.4. The van der Waals surface area contributed by atoms with Gasteiger partial charge in [0, 0.05) is 11.6 Å². The topological polar surface area (TPSA) is 70.0 Å². The van der Waals surface area contributed by atoms with Crippen molar-refractivity contribution >= 4 is 12.4 Å². The van der Waals surface area contributed by atoms with Crippen LogP contribution >= 0.6 is 12.4 Å². The zero-order valence-electron chi connectivity index (χ0n) is 9.19. The second kappa shape index (κ2) is 5.35. The van der Waals surface area contributed by atoms with Gasteiger partial charge in [0.15, 0.2) is 0 Å². The van der Waals surface area contributed by atoms with Gasteiger partial charge in [0.05, 0.1) is 0 Å². The Morgan fingerprint density at radius 3 is 2.71 bits per heavy atom. The molecule has 0 heterocycles. The summed E-state index contributed by atoms with van der Waals surface area (Å²) >= 11 is 0. The van der Waals surface area contributed by atoms with E-state index in [-0.39, 0.29) is 29.8 Å². The van der Waals surface area contributed by atoms with E-state index in [1.807, 2.05) is 0 Å². The number of rotatable bonds is 3. The van der Waals surface area contributed by atoms with E-state index < -0.39 is 5.82 Å². The minimum absolute atomic E-state index is 0. The molecule has 0 unspecified atom stereocenters. The summed E-state index contributed by atoms with van der Waals surface area (Å²) in [6.07, 6.45) is 3.12. The van der Waals surface area contributed by atoms with Crippen LogP contribution in [0.3, 0.4) is 0 Å². The van der Waals surface area contributed by atoms with Crippen LogP contribution in [-0.4, -0.2) is 5.11 Å². The lowest BCUT2D eigenvalue weighted by Crippen LogP contribution is -2.12. The fourth-order valence-electron chi connectivity index (χ4n) is 1.83. The molecule has 1 aliphatic rings. The molecule has 3 N–H and O–H groups in total. The Bertz CT molecular complexity index is 455. The molecule has 0 radical (unpaired) electrons. The first kappa shape index (κ1) is 13.8. The number of aromatic hydroxyl groups is 1. The molecule has 0 saturated heterocycles. The second-order valence-corrected chi connectivity index (χ2v) is 4.26. The van der Waals surface area contributed by atoms with Crippen molar-refractivity contribution < 1.29 is 9.50 Å². The Hall–Kier alpha value is -1.31. The molecule has 0 spiro atoms. The largest absolute Gasteiger partial charge is 0.506 e. The number of phenols is 1. The van der Waals surface area contributed by atoms with Gasteiger partial charge in [-0.05, 0) is 18.4 Å². The van der Waals surface area contributed by atoms with Gasteiger partial charge in [-0.3, -0.25) is 0 Å². The molecule has 3 nitrogen and oxygen atoms in total. The van der Waals surface area contributed by atoms with Gasteiger partial charge in [0.2, 0.25) is 0 Å². The van der Waals surface area contributed by atoms with Crippen molar-refractivity contribution in [2.45, 2.75) is 25.3 Å². The van der Waals surface area contributed by atoms with Gasteiger partial charge < -0.3 is 10.8 Å². The van der Waals surface area contributed by atoms with E-state index in [2.05, 4.69) is 0 Å². The van der Waals surface area contributed by atoms with E-state index in [1.54, 1.807) is 6.07 Å². The van der Waals surface area contributed by atoms with Crippen molar-refractivity contribution in [3.8, 4) is 11.8 Å². The van der Waals surface area contributed by atoms with Crippen LogP contribution in [0.5, 0.6) is 5.75 Å². The summed E-state index contributed by atoms with van der Waals surface area (Å²) in [6.45, 7) is 0. The number of halogens is 2. The van der Waals surface area contributed by atoms with Crippen LogP contribution in [0.25, 0.3) is 0 Å². The monoisotopic (exact) mass is 256 g/mol. The van der Waals surface area contributed by atoms with Gasteiger partial charge in [0.25, 0.3) is 0 Å². The molecule has 1 aliphatic carbocycles. The lowest BCUT2D eigenvalue weighted by molar-refractivity contribution is 0.447. The number of hydrogen-bond acceptors (Lipinski definition) is 3. The van der Waals surface area contributed by atoms with Crippen LogP contribution in [0.4, 0.5) is 4.39 Å². The third-order valence-electron chi connectivity index (χ3n) is 2.95. The maximum Gasteiger partial charge on any atom is 0.144 e. The lowest BCUT2D eigenvalue weighted by Gasteiger charge is -2.14. The molecule has 1 aromatic rings. The number of phenolic OH excluding ortho intramolecular Hbond substituents is 1. The summed E-state index contributed by atoms with van der Waals surface area (Å²) in [6, 6.07) is 3.97. The zero-order valence-corrected chi connectivity index (χ0v) is 10.0. The molecular formula is C12H14ClFN2O. The lowest BCUT2D eigenvalue weighted by atomic mass is 9.98. The Labute approximate surface area is 105 Å². The predicted octanol–water partition coefficient (Wildman–Crippen LogP) is 2.62. The minimum Gasteiger partial charge on any atom is -0.506 e. The van der Waals surface area contributed by atoms with Gasteiger partial charge in [-0.2, -0.15) is 5.26 Å². The highest BCUT2D eigenvalue weighted by atomic mass is 35.5. The highest BCUT2D eigenvalue weighted by Gasteiger charge is 2.26. The molecule has 0 amide bonds. The summed E-state index contributed by atoms with van der Waals surface area (Å²) in [7, 11) is 0. The highest BCUT2D eigenvalue weighted by molar-refractivity contribution is 5.85. The average Bonchev–Trinajstić information content (AvgIpc) is 3.02. The van der Waals surface area contributed by atoms with E-state index in [1.165, 1.54) is 25.0 Å². The van der Waals surface area contributed by atoms with Crippen LogP contribution < -0.4 is 5.73 Å². The molecule has 5 heteroatoms. The number of nitrogens with two attached hydrogens (primary N) is 1. The smallest absolute Gasteiger partial charge is 0.144 e. The van der Waals surface area contributed by atoms with Gasteiger partial charge in [-0.25, -0.2) is 4.39 Å². The molecule has 17 heavy (non-hydrogen) atoms. The van der Waals surface area contributed by atoms with Crippen LogP contribution in [0.1, 0.15) is 36.4 Å². The van der Waals surface area contributed by atoms with Crippen molar-refractivity contribution in [2.24, 2.45) is 11.7 Å². The first-order valence-electron chi connectivity index (χ1n) is 5.30. The normalized spacial score (nSPS) is 15.8. The first-order valence-corrected chi connectivity index (χ1v) is 5.30. The number of nitriles is 1. The standard InChI is InChI=1S/C12H13FN2O.ClH/c13-10-4-3-8(12(16)9(10)6-14)11(15)5-7-1-2-7;/h3-4,7,11,16H,1-2,5,15H2;1H/t11-;/m1./s1. The molecule has 2 rings (SSSR count). The molecular weight excluding hydrogens is 243 g/mol. The molecule has 1 atom stereocenters. The van der Waals surface area contributed by atoms with E-state index in [4.69, 9.17) is 11.0 Å². The van der Waals surface area contributed by atoms with Gasteiger partial charge in [0.1, 0.15) is 23.2 Å². The zero-order chi connectivity index (χ0) is 11.7. The molecule has 0 aromatic heterocycles. The van der Waals surface area contributed by atoms with E-state index >= 15 is 0 Å². The summed E-state index contributed by atoms with van der Waals surface area (Å²) in [4.78, 5) is 0. The van der Waals surface area contributed by atoms with E-state index in [0.717, 1.165) is 6.42 Å². The van der Waals surface area contributed by atoms with Crippen LogP contribution in [0.2, 0.25) is 0 Å². The summed E-state index contributed by atoms with van der Waals surface area (Å²) in [5.41, 5.74) is 6.07. The average molecular weight is 257 g/mol. The first-order chi connectivity index (χ1) is 7.63. The summed E-state index contributed by atoms with van der Waals surface area (Å²) < 4.78 is 13.1. The number of nitrogens with zero attached hydrogens (tertiary/aromatic N) is 1. The third-order valence-corrected chi connectivity index (χ3v) is 2.95. The van der Waals surface area contributed by atoms with Crippen LogP contribution in [0.15, 0.2) is 12.1 Å². The maximum atomic E-state index is 13.1. The highest BCUT2D eigenvalue weighted by Crippen LogP contribution is 2.39. The fourth-order valence-corrected chi connectivity index (χ4v) is 1.83. The van der Waals surface area contributed by atoms with E-state index in [0.29, 0.717) is 11.5 Å². The number of hydrogen-bond donors (Lipinski definition) is 2. The Morgan fingerprint density at radius 2 is 2.18 bits per heavy atom. The van der Waals surface area contributed by atoms with Gasteiger partial charge in [-0.1, -0.05) is 18.9 Å². The Balaban J connectivity index is 0.00000144. The van der Waals surface area contributed by atoms with Crippen molar-refractivity contribution in [3.05, 3.63) is 29.1 Å². The quantitative estimate of drug-likeness (QED) is 0.873. The Kier molecular flexibility index (Phi) is 4.33. The SMILES string of the molecule is Cl.N#Cc1c(F)ccc([C@H](N)CC2CC2)c1O. The second-order valence-electron chi connectivity index (χ2n) is 4.26. The van der Waals surface area contributed by atoms with Crippen molar-refractivity contribution in [2.75, 3.05) is 0 Å². The predicted molar refractivity (Wildman–Crippen MR) is 64.3 cm³/mol. The Morgan fingerprint density at radius 1 is 1.53 bits per heavy atom.